The summed E-state index contributed by atoms with van der Waals surface area (Å²) < 4.78 is 0. The van der Waals surface area contributed by atoms with Crippen molar-refractivity contribution in [3.8, 4) is 0 Å². The fraction of sp³-hybridized carbons (Fsp3) is 0.500. The van der Waals surface area contributed by atoms with Gasteiger partial charge in [0, 0.05) is 17.6 Å². The fourth-order valence-corrected chi connectivity index (χ4v) is 2.12. The highest BCUT2D eigenvalue weighted by Gasteiger charge is 2.13. The molecule has 0 radical (unpaired) electrons. The van der Waals surface area contributed by atoms with Crippen LogP contribution < -0.4 is 17.7 Å². The number of hydrogen-bond acceptors (Lipinski definition) is 1. The zero-order chi connectivity index (χ0) is 9.80. The van der Waals surface area contributed by atoms with Crippen LogP contribution in [0.4, 0.5) is 0 Å². The molecule has 0 saturated heterocycles. The predicted molar refractivity (Wildman–Crippen MR) is 60.5 cm³/mol. The number of rotatable bonds is 3. The van der Waals surface area contributed by atoms with E-state index in [0.717, 1.165) is 17.6 Å². The molecule has 0 bridgehead atoms. The lowest BCUT2D eigenvalue weighted by molar-refractivity contribution is -0.00000287. The van der Waals surface area contributed by atoms with Gasteiger partial charge in [0.1, 0.15) is 0 Å². The first-order valence-corrected chi connectivity index (χ1v) is 5.70. The standard InChI is InChI=1S/C12H16ClN.ClH/c13-11-7-5-10(6-8-11)9-14-12-3-1-2-4-12;/h5-8,12,14H,1-4,9H2;1H/p-1. The highest BCUT2D eigenvalue weighted by atomic mass is 35.5. The Morgan fingerprint density at radius 1 is 1.13 bits per heavy atom. The first-order valence-electron chi connectivity index (χ1n) is 5.32. The smallest absolute Gasteiger partial charge is 0.0406 e. The van der Waals surface area contributed by atoms with Crippen molar-refractivity contribution >= 4 is 11.6 Å². The van der Waals surface area contributed by atoms with Crippen LogP contribution in [0.5, 0.6) is 0 Å². The second kappa shape index (κ2) is 6.37. The lowest BCUT2D eigenvalue weighted by Crippen LogP contribution is -3.00. The molecule has 2 rings (SSSR count). The molecule has 1 aliphatic rings. The molecule has 0 atom stereocenters. The SMILES string of the molecule is Clc1ccc(CNC2CCCC2)cc1.[Cl-]. The minimum Gasteiger partial charge on any atom is -1.00 e. The van der Waals surface area contributed by atoms with Crippen LogP contribution in [0.3, 0.4) is 0 Å². The van der Waals surface area contributed by atoms with E-state index in [9.17, 15) is 0 Å². The molecule has 1 N–H and O–H groups in total. The molecule has 0 spiro atoms. The van der Waals surface area contributed by atoms with Crippen LogP contribution in [0.1, 0.15) is 31.2 Å². The van der Waals surface area contributed by atoms with Crippen LogP contribution in [0.15, 0.2) is 24.3 Å². The van der Waals surface area contributed by atoms with Crippen LogP contribution >= 0.6 is 11.6 Å². The zero-order valence-electron chi connectivity index (χ0n) is 8.68. The van der Waals surface area contributed by atoms with Gasteiger partial charge in [-0.25, -0.2) is 0 Å². The van der Waals surface area contributed by atoms with Crippen molar-refractivity contribution in [3.63, 3.8) is 0 Å². The fourth-order valence-electron chi connectivity index (χ4n) is 1.99. The summed E-state index contributed by atoms with van der Waals surface area (Å²) in [6.07, 6.45) is 5.46. The van der Waals surface area contributed by atoms with Crippen molar-refractivity contribution in [2.45, 2.75) is 38.3 Å². The van der Waals surface area contributed by atoms with Gasteiger partial charge in [0.2, 0.25) is 0 Å². The van der Waals surface area contributed by atoms with Gasteiger partial charge < -0.3 is 17.7 Å². The number of halogens is 2. The van der Waals surface area contributed by atoms with E-state index in [-0.39, 0.29) is 12.4 Å². The molecule has 0 aliphatic heterocycles. The summed E-state index contributed by atoms with van der Waals surface area (Å²) in [7, 11) is 0. The molecular weight excluding hydrogens is 229 g/mol. The maximum Gasteiger partial charge on any atom is 0.0406 e. The largest absolute Gasteiger partial charge is 1.00 e. The van der Waals surface area contributed by atoms with E-state index in [1.807, 2.05) is 12.1 Å². The Bertz CT molecular complexity index is 278. The van der Waals surface area contributed by atoms with Crippen molar-refractivity contribution in [1.82, 2.24) is 5.32 Å². The van der Waals surface area contributed by atoms with E-state index in [1.165, 1.54) is 31.2 Å². The maximum atomic E-state index is 5.82. The van der Waals surface area contributed by atoms with E-state index >= 15 is 0 Å². The number of nitrogens with one attached hydrogen (secondary N) is 1. The maximum absolute atomic E-state index is 5.82. The Morgan fingerprint density at radius 2 is 1.73 bits per heavy atom. The summed E-state index contributed by atoms with van der Waals surface area (Å²) in [5, 5.41) is 4.39. The van der Waals surface area contributed by atoms with Gasteiger partial charge >= 0.3 is 0 Å². The van der Waals surface area contributed by atoms with Gasteiger partial charge in [-0.2, -0.15) is 0 Å². The van der Waals surface area contributed by atoms with Crippen molar-refractivity contribution in [2.75, 3.05) is 0 Å². The van der Waals surface area contributed by atoms with Crippen LogP contribution in [-0.2, 0) is 6.54 Å². The quantitative estimate of drug-likeness (QED) is 0.811. The summed E-state index contributed by atoms with van der Waals surface area (Å²) in [5.74, 6) is 0. The minimum absolute atomic E-state index is 0. The Morgan fingerprint density at radius 3 is 2.33 bits per heavy atom. The van der Waals surface area contributed by atoms with Gasteiger partial charge in [0.25, 0.3) is 0 Å². The molecular formula is C12H16Cl2N-. The third-order valence-corrected chi connectivity index (χ3v) is 3.12. The average Bonchev–Trinajstić information content (AvgIpc) is 2.70. The lowest BCUT2D eigenvalue weighted by atomic mass is 10.2. The Hall–Kier alpha value is -0.240. The summed E-state index contributed by atoms with van der Waals surface area (Å²) in [4.78, 5) is 0. The molecule has 3 heteroatoms. The summed E-state index contributed by atoms with van der Waals surface area (Å²) in [6.45, 7) is 0.974. The Labute approximate surface area is 103 Å². The molecule has 0 unspecified atom stereocenters. The van der Waals surface area contributed by atoms with Crippen molar-refractivity contribution in [3.05, 3.63) is 34.9 Å². The van der Waals surface area contributed by atoms with Crippen molar-refractivity contribution in [1.29, 1.82) is 0 Å². The molecule has 1 nitrogen and oxygen atoms in total. The van der Waals surface area contributed by atoms with Crippen LogP contribution in [0.2, 0.25) is 5.02 Å². The van der Waals surface area contributed by atoms with Gasteiger partial charge in [-0.05, 0) is 30.5 Å². The van der Waals surface area contributed by atoms with E-state index in [2.05, 4.69) is 17.4 Å². The van der Waals surface area contributed by atoms with Crippen LogP contribution in [0.25, 0.3) is 0 Å². The molecule has 1 aromatic rings. The van der Waals surface area contributed by atoms with E-state index < -0.39 is 0 Å². The van der Waals surface area contributed by atoms with Gasteiger partial charge in [0.15, 0.2) is 0 Å². The predicted octanol–water partition coefficient (Wildman–Crippen LogP) is 0.376. The van der Waals surface area contributed by atoms with E-state index in [0.29, 0.717) is 0 Å². The summed E-state index contributed by atoms with van der Waals surface area (Å²) >= 11 is 5.82. The molecule has 0 aromatic heterocycles. The molecule has 1 fully saturated rings. The Kier molecular flexibility index (Phi) is 5.44. The first kappa shape index (κ1) is 12.8. The summed E-state index contributed by atoms with van der Waals surface area (Å²) in [5.41, 5.74) is 1.32. The minimum atomic E-state index is 0. The second-order valence-electron chi connectivity index (χ2n) is 3.99. The average molecular weight is 245 g/mol. The monoisotopic (exact) mass is 244 g/mol. The lowest BCUT2D eigenvalue weighted by Gasteiger charge is -2.11. The van der Waals surface area contributed by atoms with Gasteiger partial charge in [-0.15, -0.1) is 0 Å². The number of hydrogen-bond donors (Lipinski definition) is 1. The second-order valence-corrected chi connectivity index (χ2v) is 4.43. The molecule has 1 saturated carbocycles. The Balaban J connectivity index is 0.00000112. The molecule has 84 valence electrons. The molecule has 15 heavy (non-hydrogen) atoms. The zero-order valence-corrected chi connectivity index (χ0v) is 10.2. The van der Waals surface area contributed by atoms with Crippen LogP contribution in [-0.4, -0.2) is 6.04 Å². The van der Waals surface area contributed by atoms with Gasteiger partial charge in [0.05, 0.1) is 0 Å². The molecule has 1 aliphatic carbocycles. The van der Waals surface area contributed by atoms with Crippen molar-refractivity contribution < 1.29 is 12.4 Å². The third-order valence-electron chi connectivity index (χ3n) is 2.86. The third kappa shape index (κ3) is 4.02. The first-order chi connectivity index (χ1) is 6.84. The van der Waals surface area contributed by atoms with E-state index in [4.69, 9.17) is 11.6 Å². The normalized spacial score (nSPS) is 16.3. The van der Waals surface area contributed by atoms with Crippen molar-refractivity contribution in [2.24, 2.45) is 0 Å². The molecule has 0 heterocycles. The topological polar surface area (TPSA) is 12.0 Å². The molecule has 0 amide bonds. The highest BCUT2D eigenvalue weighted by Crippen LogP contribution is 2.18. The van der Waals surface area contributed by atoms with Crippen LogP contribution in [0, 0.1) is 0 Å². The molecule has 1 aromatic carbocycles. The van der Waals surface area contributed by atoms with E-state index in [1.54, 1.807) is 0 Å². The van der Waals surface area contributed by atoms with Gasteiger partial charge in [-0.3, -0.25) is 0 Å². The highest BCUT2D eigenvalue weighted by molar-refractivity contribution is 6.30. The summed E-state index contributed by atoms with van der Waals surface area (Å²) in [6, 6.07) is 8.82. The van der Waals surface area contributed by atoms with Gasteiger partial charge in [-0.1, -0.05) is 36.6 Å². The number of benzene rings is 1.